The van der Waals surface area contributed by atoms with Gasteiger partial charge in [0.1, 0.15) is 6.07 Å². The molecule has 0 atom stereocenters. The zero-order valence-corrected chi connectivity index (χ0v) is 12.1. The van der Waals surface area contributed by atoms with E-state index in [1.54, 1.807) is 11.8 Å². The van der Waals surface area contributed by atoms with Gasteiger partial charge in [-0.1, -0.05) is 19.1 Å². The zero-order chi connectivity index (χ0) is 13.5. The molecular weight excluding hydrogens is 240 g/mol. The van der Waals surface area contributed by atoms with E-state index in [2.05, 4.69) is 38.3 Å². The Labute approximate surface area is 114 Å². The Morgan fingerprint density at radius 1 is 1.50 bits per heavy atom. The van der Waals surface area contributed by atoms with Gasteiger partial charge in [-0.2, -0.15) is 5.26 Å². The summed E-state index contributed by atoms with van der Waals surface area (Å²) in [6.07, 6.45) is 1.88. The molecule has 0 radical (unpaired) electrons. The SMILES string of the molecule is C=CCN(c1cccc(SCC)c1C#N)C(C)C. The van der Waals surface area contributed by atoms with Gasteiger partial charge in [-0.3, -0.25) is 0 Å². The van der Waals surface area contributed by atoms with Crippen LogP contribution in [0.2, 0.25) is 0 Å². The van der Waals surface area contributed by atoms with E-state index in [1.165, 1.54) is 0 Å². The summed E-state index contributed by atoms with van der Waals surface area (Å²) in [6.45, 7) is 10.9. The molecule has 1 aromatic rings. The average Bonchev–Trinajstić information content (AvgIpc) is 2.35. The fourth-order valence-electron chi connectivity index (χ4n) is 1.87. The molecule has 0 fully saturated rings. The highest BCUT2D eigenvalue weighted by molar-refractivity contribution is 7.99. The van der Waals surface area contributed by atoms with E-state index in [0.717, 1.165) is 28.4 Å². The van der Waals surface area contributed by atoms with Gasteiger partial charge >= 0.3 is 0 Å². The molecule has 1 aromatic carbocycles. The molecule has 18 heavy (non-hydrogen) atoms. The van der Waals surface area contributed by atoms with Crippen LogP contribution in [0.4, 0.5) is 5.69 Å². The molecule has 0 heterocycles. The lowest BCUT2D eigenvalue weighted by molar-refractivity contribution is 0.721. The molecule has 2 nitrogen and oxygen atoms in total. The molecule has 1 rings (SSSR count). The van der Waals surface area contributed by atoms with Crippen molar-refractivity contribution >= 4 is 17.4 Å². The van der Waals surface area contributed by atoms with E-state index < -0.39 is 0 Å². The van der Waals surface area contributed by atoms with E-state index in [-0.39, 0.29) is 0 Å². The largest absolute Gasteiger partial charge is 0.364 e. The first kappa shape index (κ1) is 14.7. The number of anilines is 1. The first-order valence-electron chi connectivity index (χ1n) is 6.19. The van der Waals surface area contributed by atoms with E-state index in [9.17, 15) is 5.26 Å². The molecule has 0 bridgehead atoms. The summed E-state index contributed by atoms with van der Waals surface area (Å²) in [6, 6.07) is 8.74. The number of hydrogen-bond acceptors (Lipinski definition) is 3. The van der Waals surface area contributed by atoms with Crippen molar-refractivity contribution in [3.63, 3.8) is 0 Å². The van der Waals surface area contributed by atoms with Crippen LogP contribution in [0.25, 0.3) is 0 Å². The van der Waals surface area contributed by atoms with E-state index in [0.29, 0.717) is 6.04 Å². The normalized spacial score (nSPS) is 10.2. The third kappa shape index (κ3) is 3.30. The van der Waals surface area contributed by atoms with Gasteiger partial charge in [0, 0.05) is 17.5 Å². The number of hydrogen-bond donors (Lipinski definition) is 0. The molecule has 0 amide bonds. The Balaban J connectivity index is 3.25. The summed E-state index contributed by atoms with van der Waals surface area (Å²) in [4.78, 5) is 3.26. The highest BCUT2D eigenvalue weighted by Crippen LogP contribution is 2.31. The molecule has 0 aliphatic heterocycles. The zero-order valence-electron chi connectivity index (χ0n) is 11.3. The van der Waals surface area contributed by atoms with Crippen LogP contribution in [0.3, 0.4) is 0 Å². The van der Waals surface area contributed by atoms with Crippen molar-refractivity contribution in [2.24, 2.45) is 0 Å². The Bertz CT molecular complexity index is 446. The monoisotopic (exact) mass is 260 g/mol. The molecule has 3 heteroatoms. The molecule has 0 spiro atoms. The van der Waals surface area contributed by atoms with Gasteiger partial charge in [0.2, 0.25) is 0 Å². The minimum Gasteiger partial charge on any atom is -0.364 e. The van der Waals surface area contributed by atoms with E-state index in [4.69, 9.17) is 0 Å². The average molecular weight is 260 g/mol. The Hall–Kier alpha value is -1.40. The molecular formula is C15H20N2S. The standard InChI is InChI=1S/C15H20N2S/c1-5-10-17(12(3)4)14-8-7-9-15(18-6-2)13(14)11-16/h5,7-9,12H,1,6,10H2,2-4H3. The van der Waals surface area contributed by atoms with Crippen molar-refractivity contribution in [2.75, 3.05) is 17.2 Å². The summed E-state index contributed by atoms with van der Waals surface area (Å²) < 4.78 is 0. The number of nitrogens with zero attached hydrogens (tertiary/aromatic N) is 2. The molecule has 0 aliphatic rings. The van der Waals surface area contributed by atoms with E-state index >= 15 is 0 Å². The quantitative estimate of drug-likeness (QED) is 0.570. The van der Waals surface area contributed by atoms with Gasteiger partial charge in [-0.05, 0) is 31.7 Å². The summed E-state index contributed by atoms with van der Waals surface area (Å²) in [5.74, 6) is 0.973. The minimum atomic E-state index is 0.344. The summed E-state index contributed by atoms with van der Waals surface area (Å²) >= 11 is 1.71. The van der Waals surface area contributed by atoms with Crippen LogP contribution in [0.1, 0.15) is 26.3 Å². The van der Waals surface area contributed by atoms with Crippen molar-refractivity contribution in [2.45, 2.75) is 31.7 Å². The summed E-state index contributed by atoms with van der Waals surface area (Å²) in [5.41, 5.74) is 1.78. The van der Waals surface area contributed by atoms with Crippen LogP contribution < -0.4 is 4.90 Å². The summed E-state index contributed by atoms with van der Waals surface area (Å²) in [7, 11) is 0. The van der Waals surface area contributed by atoms with E-state index in [1.807, 2.05) is 24.3 Å². The van der Waals surface area contributed by atoms with Crippen LogP contribution >= 0.6 is 11.8 Å². The van der Waals surface area contributed by atoms with Gasteiger partial charge in [0.05, 0.1) is 11.3 Å². The molecule has 0 unspecified atom stereocenters. The molecule has 0 N–H and O–H groups in total. The number of rotatable bonds is 6. The number of thioether (sulfide) groups is 1. The molecule has 0 saturated heterocycles. The lowest BCUT2D eigenvalue weighted by Gasteiger charge is -2.29. The third-order valence-electron chi connectivity index (χ3n) is 2.67. The van der Waals surface area contributed by atoms with Crippen molar-refractivity contribution in [1.29, 1.82) is 5.26 Å². The Morgan fingerprint density at radius 3 is 2.72 bits per heavy atom. The van der Waals surface area contributed by atoms with Crippen molar-refractivity contribution in [3.05, 3.63) is 36.4 Å². The van der Waals surface area contributed by atoms with Crippen LogP contribution in [0.15, 0.2) is 35.7 Å². The van der Waals surface area contributed by atoms with Crippen LogP contribution in [0, 0.1) is 11.3 Å². The first-order chi connectivity index (χ1) is 8.65. The maximum absolute atomic E-state index is 9.41. The fraction of sp³-hybridized carbons (Fsp3) is 0.400. The number of benzene rings is 1. The minimum absolute atomic E-state index is 0.344. The lowest BCUT2D eigenvalue weighted by Crippen LogP contribution is -2.31. The smallest absolute Gasteiger partial charge is 0.103 e. The van der Waals surface area contributed by atoms with Crippen molar-refractivity contribution in [1.82, 2.24) is 0 Å². The first-order valence-corrected chi connectivity index (χ1v) is 7.17. The topological polar surface area (TPSA) is 27.0 Å². The third-order valence-corrected chi connectivity index (χ3v) is 3.61. The van der Waals surface area contributed by atoms with Crippen LogP contribution in [-0.4, -0.2) is 18.3 Å². The van der Waals surface area contributed by atoms with Gasteiger partial charge in [0.25, 0.3) is 0 Å². The van der Waals surface area contributed by atoms with Crippen LogP contribution in [0.5, 0.6) is 0 Å². The van der Waals surface area contributed by atoms with Crippen molar-refractivity contribution < 1.29 is 0 Å². The predicted molar refractivity (Wildman–Crippen MR) is 80.2 cm³/mol. The predicted octanol–water partition coefficient (Wildman–Crippen LogP) is 4.07. The highest BCUT2D eigenvalue weighted by Gasteiger charge is 2.15. The maximum atomic E-state index is 9.41. The lowest BCUT2D eigenvalue weighted by atomic mass is 10.1. The Kier molecular flexibility index (Phi) is 5.80. The van der Waals surface area contributed by atoms with Gasteiger partial charge < -0.3 is 4.90 Å². The highest BCUT2D eigenvalue weighted by atomic mass is 32.2. The second-order valence-corrected chi connectivity index (χ2v) is 5.54. The van der Waals surface area contributed by atoms with Crippen molar-refractivity contribution in [3.8, 4) is 6.07 Å². The molecule has 0 aromatic heterocycles. The molecule has 0 aliphatic carbocycles. The molecule has 0 saturated carbocycles. The maximum Gasteiger partial charge on any atom is 0.103 e. The second-order valence-electron chi connectivity index (χ2n) is 4.23. The van der Waals surface area contributed by atoms with Gasteiger partial charge in [0.15, 0.2) is 0 Å². The number of nitriles is 1. The Morgan fingerprint density at radius 2 is 2.22 bits per heavy atom. The van der Waals surface area contributed by atoms with Crippen LogP contribution in [-0.2, 0) is 0 Å². The fourth-order valence-corrected chi connectivity index (χ4v) is 2.65. The van der Waals surface area contributed by atoms with Gasteiger partial charge in [-0.25, -0.2) is 0 Å². The summed E-state index contributed by atoms with van der Waals surface area (Å²) in [5, 5.41) is 9.41. The van der Waals surface area contributed by atoms with Gasteiger partial charge in [-0.15, -0.1) is 18.3 Å². The second kappa shape index (κ2) is 7.13. The molecule has 96 valence electrons.